The third-order valence-corrected chi connectivity index (χ3v) is 3.68. The van der Waals surface area contributed by atoms with E-state index in [-0.39, 0.29) is 17.9 Å². The van der Waals surface area contributed by atoms with E-state index in [0.29, 0.717) is 6.54 Å². The zero-order valence-electron chi connectivity index (χ0n) is 10.1. The Hall–Kier alpha value is -1.16. The van der Waals surface area contributed by atoms with Crippen LogP contribution in [0.2, 0.25) is 0 Å². The predicted octanol–water partition coefficient (Wildman–Crippen LogP) is 2.37. The minimum absolute atomic E-state index is 0.0107. The van der Waals surface area contributed by atoms with E-state index >= 15 is 0 Å². The van der Waals surface area contributed by atoms with Gasteiger partial charge in [-0.3, -0.25) is 4.79 Å². The number of hydrogen-bond donors (Lipinski definition) is 1. The number of para-hydroxylation sites is 2. The van der Waals surface area contributed by atoms with Crippen molar-refractivity contribution >= 4 is 24.2 Å². The van der Waals surface area contributed by atoms with Gasteiger partial charge in [-0.1, -0.05) is 26.0 Å². The van der Waals surface area contributed by atoms with Crippen LogP contribution in [0.25, 0.3) is 0 Å². The molecule has 0 N–H and O–H groups in total. The first-order valence-electron chi connectivity index (χ1n) is 5.66. The average Bonchev–Trinajstić information content (AvgIpc) is 2.33. The van der Waals surface area contributed by atoms with Crippen molar-refractivity contribution in [1.29, 1.82) is 0 Å². The highest BCUT2D eigenvalue weighted by Gasteiger charge is 2.30. The summed E-state index contributed by atoms with van der Waals surface area (Å²) < 4.78 is 5.40. The number of anilines is 1. The number of ether oxygens (including phenoxy) is 1. The SMILES string of the molecule is CC(C)(CS)CN1C(=O)COc2ccccc21. The molecule has 0 bridgehead atoms. The average molecular weight is 251 g/mol. The topological polar surface area (TPSA) is 29.5 Å². The zero-order chi connectivity index (χ0) is 12.5. The number of carbonyl (C=O) groups is 1. The van der Waals surface area contributed by atoms with Crippen LogP contribution in [0.5, 0.6) is 5.75 Å². The standard InChI is InChI=1S/C13H17NO2S/c1-13(2,9-17)8-14-10-5-3-4-6-11(10)16-7-12(14)15/h3-6,17H,7-9H2,1-2H3. The fraction of sp³-hybridized carbons (Fsp3) is 0.462. The molecule has 3 nitrogen and oxygen atoms in total. The summed E-state index contributed by atoms with van der Waals surface area (Å²) in [5.74, 6) is 1.53. The largest absolute Gasteiger partial charge is 0.482 e. The van der Waals surface area contributed by atoms with E-state index in [9.17, 15) is 4.79 Å². The first-order chi connectivity index (χ1) is 8.03. The van der Waals surface area contributed by atoms with Gasteiger partial charge in [-0.25, -0.2) is 0 Å². The summed E-state index contributed by atoms with van der Waals surface area (Å²) in [5.41, 5.74) is 0.849. The molecule has 1 aromatic rings. The molecular weight excluding hydrogens is 234 g/mol. The van der Waals surface area contributed by atoms with E-state index < -0.39 is 0 Å². The number of fused-ring (bicyclic) bond motifs is 1. The number of benzene rings is 1. The Bertz CT molecular complexity index is 431. The van der Waals surface area contributed by atoms with Gasteiger partial charge in [0, 0.05) is 6.54 Å². The molecule has 17 heavy (non-hydrogen) atoms. The Balaban J connectivity index is 2.30. The molecule has 92 valence electrons. The Labute approximate surface area is 107 Å². The van der Waals surface area contributed by atoms with Gasteiger partial charge in [-0.15, -0.1) is 0 Å². The second-order valence-electron chi connectivity index (χ2n) is 5.06. The number of hydrogen-bond acceptors (Lipinski definition) is 3. The van der Waals surface area contributed by atoms with Crippen LogP contribution in [0.15, 0.2) is 24.3 Å². The summed E-state index contributed by atoms with van der Waals surface area (Å²) in [5, 5.41) is 0. The van der Waals surface area contributed by atoms with Crippen LogP contribution in [-0.4, -0.2) is 24.8 Å². The van der Waals surface area contributed by atoms with Crippen LogP contribution in [0.1, 0.15) is 13.8 Å². The summed E-state index contributed by atoms with van der Waals surface area (Å²) >= 11 is 4.33. The lowest BCUT2D eigenvalue weighted by Gasteiger charge is -2.35. The Morgan fingerprint density at radius 2 is 2.12 bits per heavy atom. The molecule has 0 atom stereocenters. The Kier molecular flexibility index (Phi) is 3.33. The van der Waals surface area contributed by atoms with E-state index in [1.807, 2.05) is 24.3 Å². The van der Waals surface area contributed by atoms with Crippen LogP contribution in [0, 0.1) is 5.41 Å². The zero-order valence-corrected chi connectivity index (χ0v) is 11.0. The van der Waals surface area contributed by atoms with E-state index in [2.05, 4.69) is 26.5 Å². The van der Waals surface area contributed by atoms with Gasteiger partial charge in [0.1, 0.15) is 5.75 Å². The van der Waals surface area contributed by atoms with Crippen molar-refractivity contribution in [2.75, 3.05) is 23.8 Å². The van der Waals surface area contributed by atoms with Crippen molar-refractivity contribution in [3.8, 4) is 5.75 Å². The van der Waals surface area contributed by atoms with Gasteiger partial charge >= 0.3 is 0 Å². The molecule has 1 amide bonds. The summed E-state index contributed by atoms with van der Waals surface area (Å²) in [6, 6.07) is 7.64. The number of thiol groups is 1. The number of carbonyl (C=O) groups excluding carboxylic acids is 1. The van der Waals surface area contributed by atoms with Crippen LogP contribution in [0.3, 0.4) is 0 Å². The maximum atomic E-state index is 11.9. The van der Waals surface area contributed by atoms with Crippen molar-refractivity contribution in [3.05, 3.63) is 24.3 Å². The lowest BCUT2D eigenvalue weighted by molar-refractivity contribution is -0.121. The first-order valence-corrected chi connectivity index (χ1v) is 6.30. The molecule has 0 unspecified atom stereocenters. The lowest BCUT2D eigenvalue weighted by atomic mass is 9.95. The lowest BCUT2D eigenvalue weighted by Crippen LogP contribution is -2.44. The molecule has 0 saturated carbocycles. The van der Waals surface area contributed by atoms with Gasteiger partial charge in [0.05, 0.1) is 5.69 Å². The number of amides is 1. The Morgan fingerprint density at radius 3 is 2.82 bits per heavy atom. The second kappa shape index (κ2) is 4.61. The third-order valence-electron chi connectivity index (χ3n) is 2.82. The highest BCUT2D eigenvalue weighted by molar-refractivity contribution is 7.80. The molecule has 1 aromatic carbocycles. The van der Waals surface area contributed by atoms with Crippen molar-refractivity contribution in [3.63, 3.8) is 0 Å². The Morgan fingerprint density at radius 1 is 1.41 bits per heavy atom. The maximum absolute atomic E-state index is 11.9. The molecule has 0 radical (unpaired) electrons. The molecule has 2 rings (SSSR count). The molecule has 4 heteroatoms. The fourth-order valence-corrected chi connectivity index (χ4v) is 1.91. The van der Waals surface area contributed by atoms with Gasteiger partial charge in [0.2, 0.25) is 0 Å². The summed E-state index contributed by atoms with van der Waals surface area (Å²) in [4.78, 5) is 13.7. The van der Waals surface area contributed by atoms with Gasteiger partial charge in [-0.05, 0) is 23.3 Å². The minimum atomic E-state index is -0.0107. The molecule has 0 aliphatic carbocycles. The van der Waals surface area contributed by atoms with Crippen molar-refractivity contribution in [1.82, 2.24) is 0 Å². The normalized spacial score (nSPS) is 15.5. The molecular formula is C13H17NO2S. The van der Waals surface area contributed by atoms with Crippen LogP contribution in [0.4, 0.5) is 5.69 Å². The minimum Gasteiger partial charge on any atom is -0.482 e. The van der Waals surface area contributed by atoms with Gasteiger partial charge in [-0.2, -0.15) is 12.6 Å². The number of rotatable bonds is 3. The maximum Gasteiger partial charge on any atom is 0.265 e. The summed E-state index contributed by atoms with van der Waals surface area (Å²) in [6.07, 6.45) is 0. The van der Waals surface area contributed by atoms with Crippen LogP contribution in [-0.2, 0) is 4.79 Å². The van der Waals surface area contributed by atoms with E-state index in [1.54, 1.807) is 4.90 Å². The number of nitrogens with zero attached hydrogens (tertiary/aromatic N) is 1. The smallest absolute Gasteiger partial charge is 0.265 e. The highest BCUT2D eigenvalue weighted by Crippen LogP contribution is 2.33. The second-order valence-corrected chi connectivity index (χ2v) is 5.37. The van der Waals surface area contributed by atoms with Crippen molar-refractivity contribution in [2.24, 2.45) is 5.41 Å². The molecule has 1 aliphatic rings. The first kappa shape index (κ1) is 12.3. The van der Waals surface area contributed by atoms with E-state index in [0.717, 1.165) is 17.2 Å². The summed E-state index contributed by atoms with van der Waals surface area (Å²) in [6.45, 7) is 4.99. The molecule has 0 saturated heterocycles. The van der Waals surface area contributed by atoms with Crippen LogP contribution >= 0.6 is 12.6 Å². The van der Waals surface area contributed by atoms with Crippen molar-refractivity contribution in [2.45, 2.75) is 13.8 Å². The molecule has 0 aromatic heterocycles. The van der Waals surface area contributed by atoms with Crippen molar-refractivity contribution < 1.29 is 9.53 Å². The van der Waals surface area contributed by atoms with Gasteiger partial charge in [0.15, 0.2) is 6.61 Å². The molecule has 1 heterocycles. The quantitative estimate of drug-likeness (QED) is 0.836. The monoisotopic (exact) mass is 251 g/mol. The molecule has 1 aliphatic heterocycles. The predicted molar refractivity (Wildman–Crippen MR) is 71.9 cm³/mol. The summed E-state index contributed by atoms with van der Waals surface area (Å²) in [7, 11) is 0. The van der Waals surface area contributed by atoms with E-state index in [4.69, 9.17) is 4.74 Å². The van der Waals surface area contributed by atoms with Gasteiger partial charge < -0.3 is 9.64 Å². The van der Waals surface area contributed by atoms with Gasteiger partial charge in [0.25, 0.3) is 5.91 Å². The third kappa shape index (κ3) is 2.57. The molecule has 0 spiro atoms. The van der Waals surface area contributed by atoms with Crippen LogP contribution < -0.4 is 9.64 Å². The van der Waals surface area contributed by atoms with E-state index in [1.165, 1.54) is 0 Å². The molecule has 0 fully saturated rings. The fourth-order valence-electron chi connectivity index (χ4n) is 1.81. The highest BCUT2D eigenvalue weighted by atomic mass is 32.1.